The molecule has 0 radical (unpaired) electrons. The normalized spacial score (nSPS) is 12.3. The van der Waals surface area contributed by atoms with Crippen molar-refractivity contribution in [2.75, 3.05) is 0 Å². The summed E-state index contributed by atoms with van der Waals surface area (Å²) in [5.74, 6) is 0.625. The lowest BCUT2D eigenvalue weighted by atomic mass is 10.2. The summed E-state index contributed by atoms with van der Waals surface area (Å²) in [6.07, 6.45) is 0. The van der Waals surface area contributed by atoms with E-state index in [-0.39, 0.29) is 11.1 Å². The van der Waals surface area contributed by atoms with Gasteiger partial charge in [-0.2, -0.15) is 0 Å². The number of thioether (sulfide) groups is 1. The molecule has 0 unspecified atom stereocenters. The third-order valence-electron chi connectivity index (χ3n) is 3.49. The molecule has 0 N–H and O–H groups in total. The van der Waals surface area contributed by atoms with Gasteiger partial charge in [0.1, 0.15) is 5.82 Å². The lowest BCUT2D eigenvalue weighted by Gasteiger charge is -2.11. The second-order valence-corrected chi connectivity index (χ2v) is 6.35. The van der Waals surface area contributed by atoms with Gasteiger partial charge in [-0.3, -0.25) is 0 Å². The quantitative estimate of drug-likeness (QED) is 0.666. The minimum atomic E-state index is -0.217. The fraction of sp³-hybridized carbons (Fsp3) is 0.176. The molecule has 0 spiro atoms. The van der Waals surface area contributed by atoms with E-state index < -0.39 is 0 Å². The molecule has 1 heterocycles. The molecule has 22 heavy (non-hydrogen) atoms. The van der Waals surface area contributed by atoms with Gasteiger partial charge >= 0.3 is 0 Å². The molecule has 112 valence electrons. The fourth-order valence-electron chi connectivity index (χ4n) is 2.22. The van der Waals surface area contributed by atoms with Crippen molar-refractivity contribution in [2.45, 2.75) is 17.3 Å². The zero-order valence-electron chi connectivity index (χ0n) is 12.4. The van der Waals surface area contributed by atoms with Crippen LogP contribution in [0.4, 0.5) is 4.39 Å². The van der Waals surface area contributed by atoms with Crippen LogP contribution in [-0.4, -0.2) is 14.8 Å². The average molecular weight is 313 g/mol. The molecule has 0 fully saturated rings. The van der Waals surface area contributed by atoms with E-state index >= 15 is 0 Å². The molecule has 0 amide bonds. The maximum absolute atomic E-state index is 13.0. The summed E-state index contributed by atoms with van der Waals surface area (Å²) in [5.41, 5.74) is 2.11. The number of halogens is 1. The number of aromatic nitrogens is 3. The van der Waals surface area contributed by atoms with Crippen molar-refractivity contribution in [2.24, 2.45) is 7.05 Å². The van der Waals surface area contributed by atoms with Gasteiger partial charge in [-0.1, -0.05) is 54.2 Å². The Hall–Kier alpha value is -2.14. The highest BCUT2D eigenvalue weighted by atomic mass is 32.2. The van der Waals surface area contributed by atoms with Crippen LogP contribution in [0.15, 0.2) is 59.8 Å². The van der Waals surface area contributed by atoms with Crippen molar-refractivity contribution in [3.05, 3.63) is 66.0 Å². The lowest BCUT2D eigenvalue weighted by Crippen LogP contribution is -1.97. The Labute approximate surface area is 133 Å². The highest BCUT2D eigenvalue weighted by molar-refractivity contribution is 7.99. The largest absolute Gasteiger partial charge is 0.305 e. The summed E-state index contributed by atoms with van der Waals surface area (Å²) >= 11 is 1.61. The Balaban J connectivity index is 1.82. The van der Waals surface area contributed by atoms with E-state index in [1.165, 1.54) is 12.1 Å². The summed E-state index contributed by atoms with van der Waals surface area (Å²) in [5, 5.41) is 9.57. The van der Waals surface area contributed by atoms with Crippen LogP contribution in [0.5, 0.6) is 0 Å². The first-order valence-electron chi connectivity index (χ1n) is 7.02. The van der Waals surface area contributed by atoms with E-state index in [4.69, 9.17) is 0 Å². The molecular weight excluding hydrogens is 297 g/mol. The van der Waals surface area contributed by atoms with E-state index in [1.54, 1.807) is 11.8 Å². The number of rotatable bonds is 4. The van der Waals surface area contributed by atoms with Crippen molar-refractivity contribution in [1.82, 2.24) is 14.8 Å². The number of nitrogens with zero attached hydrogens (tertiary/aromatic N) is 3. The van der Waals surface area contributed by atoms with Gasteiger partial charge in [-0.05, 0) is 24.6 Å². The first-order chi connectivity index (χ1) is 10.6. The molecule has 0 aliphatic carbocycles. The second kappa shape index (κ2) is 6.32. The van der Waals surface area contributed by atoms with Gasteiger partial charge in [-0.25, -0.2) is 4.39 Å². The summed E-state index contributed by atoms with van der Waals surface area (Å²) in [7, 11) is 1.96. The maximum atomic E-state index is 13.0. The first-order valence-corrected chi connectivity index (χ1v) is 7.90. The van der Waals surface area contributed by atoms with Crippen LogP contribution >= 0.6 is 11.8 Å². The maximum Gasteiger partial charge on any atom is 0.191 e. The van der Waals surface area contributed by atoms with Crippen LogP contribution in [-0.2, 0) is 7.05 Å². The van der Waals surface area contributed by atoms with Gasteiger partial charge < -0.3 is 4.57 Å². The lowest BCUT2D eigenvalue weighted by molar-refractivity contribution is 0.627. The van der Waals surface area contributed by atoms with Gasteiger partial charge in [0.15, 0.2) is 11.0 Å². The number of hydrogen-bond acceptors (Lipinski definition) is 3. The smallest absolute Gasteiger partial charge is 0.191 e. The van der Waals surface area contributed by atoms with E-state index in [1.807, 2.05) is 54.1 Å². The van der Waals surface area contributed by atoms with Gasteiger partial charge in [0, 0.05) is 17.9 Å². The highest BCUT2D eigenvalue weighted by Gasteiger charge is 2.15. The molecule has 1 aromatic heterocycles. The molecule has 0 aliphatic heterocycles. The van der Waals surface area contributed by atoms with Gasteiger partial charge in [-0.15, -0.1) is 10.2 Å². The molecule has 3 rings (SSSR count). The van der Waals surface area contributed by atoms with Gasteiger partial charge in [0.05, 0.1) is 0 Å². The van der Waals surface area contributed by atoms with Crippen LogP contribution < -0.4 is 0 Å². The van der Waals surface area contributed by atoms with Crippen LogP contribution in [0, 0.1) is 5.82 Å². The van der Waals surface area contributed by atoms with Crippen LogP contribution in [0.25, 0.3) is 11.4 Å². The van der Waals surface area contributed by atoms with Gasteiger partial charge in [0.25, 0.3) is 0 Å². The molecule has 0 saturated heterocycles. The Morgan fingerprint density at radius 3 is 2.36 bits per heavy atom. The van der Waals surface area contributed by atoms with E-state index in [0.717, 1.165) is 22.1 Å². The van der Waals surface area contributed by atoms with Crippen molar-refractivity contribution < 1.29 is 4.39 Å². The molecular formula is C17H16FN3S. The third kappa shape index (κ3) is 3.04. The van der Waals surface area contributed by atoms with E-state index in [2.05, 4.69) is 17.1 Å². The zero-order valence-corrected chi connectivity index (χ0v) is 13.2. The monoisotopic (exact) mass is 313 g/mol. The molecule has 2 aromatic carbocycles. The third-order valence-corrected chi connectivity index (χ3v) is 4.68. The van der Waals surface area contributed by atoms with Crippen molar-refractivity contribution in [3.63, 3.8) is 0 Å². The molecule has 5 heteroatoms. The Bertz CT molecular complexity index is 753. The van der Waals surface area contributed by atoms with Crippen LogP contribution in [0.2, 0.25) is 0 Å². The minimum Gasteiger partial charge on any atom is -0.305 e. The Morgan fingerprint density at radius 2 is 1.68 bits per heavy atom. The number of hydrogen-bond donors (Lipinski definition) is 0. The predicted molar refractivity (Wildman–Crippen MR) is 87.1 cm³/mol. The first kappa shape index (κ1) is 14.8. The fourth-order valence-corrected chi connectivity index (χ4v) is 3.16. The molecule has 0 aliphatic rings. The molecule has 0 bridgehead atoms. The predicted octanol–water partition coefficient (Wildman–Crippen LogP) is 4.47. The molecule has 1 atom stereocenters. The zero-order chi connectivity index (χ0) is 15.5. The standard InChI is InChI=1S/C17H16FN3S/c1-12(13-8-10-15(18)11-9-13)22-17-20-19-16(21(17)2)14-6-4-3-5-7-14/h3-12H,1-2H3/t12-/m1/s1. The SMILES string of the molecule is C[C@@H](Sc1nnc(-c2ccccc2)n1C)c1ccc(F)cc1. The van der Waals surface area contributed by atoms with Crippen LogP contribution in [0.1, 0.15) is 17.7 Å². The Morgan fingerprint density at radius 1 is 1.00 bits per heavy atom. The van der Waals surface area contributed by atoms with Gasteiger partial charge in [0.2, 0.25) is 0 Å². The molecule has 3 nitrogen and oxygen atoms in total. The van der Waals surface area contributed by atoms with Crippen molar-refractivity contribution >= 4 is 11.8 Å². The Kier molecular flexibility index (Phi) is 4.24. The summed E-state index contributed by atoms with van der Waals surface area (Å²) in [6.45, 7) is 2.08. The topological polar surface area (TPSA) is 30.7 Å². The van der Waals surface area contributed by atoms with E-state index in [9.17, 15) is 4.39 Å². The second-order valence-electron chi connectivity index (χ2n) is 5.04. The van der Waals surface area contributed by atoms with E-state index in [0.29, 0.717) is 0 Å². The summed E-state index contributed by atoms with van der Waals surface area (Å²) in [4.78, 5) is 0. The molecule has 0 saturated carbocycles. The number of benzene rings is 2. The highest BCUT2D eigenvalue weighted by Crippen LogP contribution is 2.34. The average Bonchev–Trinajstić information content (AvgIpc) is 2.90. The summed E-state index contributed by atoms with van der Waals surface area (Å²) < 4.78 is 15.0. The van der Waals surface area contributed by atoms with Crippen molar-refractivity contribution in [1.29, 1.82) is 0 Å². The minimum absolute atomic E-state index is 0.173. The molecule has 3 aromatic rings. The summed E-state index contributed by atoms with van der Waals surface area (Å²) in [6, 6.07) is 16.6. The van der Waals surface area contributed by atoms with Crippen LogP contribution in [0.3, 0.4) is 0 Å². The van der Waals surface area contributed by atoms with Crippen molar-refractivity contribution in [3.8, 4) is 11.4 Å².